The summed E-state index contributed by atoms with van der Waals surface area (Å²) in [5, 5.41) is 0. The molecule has 0 amide bonds. The van der Waals surface area contributed by atoms with Crippen molar-refractivity contribution in [3.63, 3.8) is 0 Å². The van der Waals surface area contributed by atoms with Crippen LogP contribution in [0.2, 0.25) is 0 Å². The zero-order valence-electron chi connectivity index (χ0n) is 24.6. The molecule has 5 rings (SSSR count). The standard InChI is InChI=1S/C35H53NS2/c1-5-7-11-21-34(3)25-26(6-2)24-29-30(34)20-22-35(4)28(16-17-31(29)35)15-12-23-36-38-33-19-18-32(37-33)27-13-9-8-10-14-27/h8-10,13-14,18-19,26,28-31,36H,5-7,11-12,15-17,20-25H2,1-4H3/t26-,28?,29?,30-,31?,34?,35?/m0/s1. The fourth-order valence-electron chi connectivity index (χ4n) is 9.40. The van der Waals surface area contributed by atoms with Gasteiger partial charge in [0.05, 0.1) is 4.21 Å². The summed E-state index contributed by atoms with van der Waals surface area (Å²) in [6.07, 6.45) is 19.0. The van der Waals surface area contributed by atoms with Crippen LogP contribution in [0.1, 0.15) is 111 Å². The van der Waals surface area contributed by atoms with Gasteiger partial charge in [0.25, 0.3) is 0 Å². The molecule has 0 saturated heterocycles. The van der Waals surface area contributed by atoms with Gasteiger partial charge < -0.3 is 0 Å². The Morgan fingerprint density at radius 3 is 2.58 bits per heavy atom. The molecule has 0 bridgehead atoms. The average Bonchev–Trinajstić information content (AvgIpc) is 3.53. The second-order valence-electron chi connectivity index (χ2n) is 13.6. The fraction of sp³-hybridized carbons (Fsp3) is 0.714. The Morgan fingerprint density at radius 2 is 1.79 bits per heavy atom. The van der Waals surface area contributed by atoms with E-state index >= 15 is 0 Å². The Morgan fingerprint density at radius 1 is 0.947 bits per heavy atom. The molecular formula is C35H53NS2. The summed E-state index contributed by atoms with van der Waals surface area (Å²) in [6, 6.07) is 15.3. The summed E-state index contributed by atoms with van der Waals surface area (Å²) in [7, 11) is 0. The molecule has 0 aliphatic heterocycles. The lowest BCUT2D eigenvalue weighted by Crippen LogP contribution is -2.50. The Kier molecular flexibility index (Phi) is 9.70. The van der Waals surface area contributed by atoms with Gasteiger partial charge in [0.2, 0.25) is 0 Å². The molecule has 1 aromatic carbocycles. The van der Waals surface area contributed by atoms with Crippen LogP contribution < -0.4 is 4.72 Å². The van der Waals surface area contributed by atoms with Crippen molar-refractivity contribution in [2.45, 2.75) is 115 Å². The quantitative estimate of drug-likeness (QED) is 0.208. The predicted molar refractivity (Wildman–Crippen MR) is 169 cm³/mol. The first kappa shape index (κ1) is 28.7. The van der Waals surface area contributed by atoms with E-state index < -0.39 is 0 Å². The van der Waals surface area contributed by atoms with E-state index in [1.165, 1.54) is 91.7 Å². The third-order valence-electron chi connectivity index (χ3n) is 11.5. The molecule has 210 valence electrons. The Balaban J connectivity index is 1.13. The maximum absolute atomic E-state index is 3.70. The third kappa shape index (κ3) is 6.10. The molecule has 0 spiro atoms. The molecule has 1 nitrogen and oxygen atoms in total. The van der Waals surface area contributed by atoms with Crippen molar-refractivity contribution in [2.24, 2.45) is 40.4 Å². The van der Waals surface area contributed by atoms with Crippen LogP contribution in [0.25, 0.3) is 10.4 Å². The first-order chi connectivity index (χ1) is 18.5. The van der Waals surface area contributed by atoms with Gasteiger partial charge in [-0.05, 0) is 128 Å². The number of thiophene rings is 1. The Labute approximate surface area is 242 Å². The highest BCUT2D eigenvalue weighted by atomic mass is 32.2. The molecule has 3 aliphatic carbocycles. The summed E-state index contributed by atoms with van der Waals surface area (Å²) in [5.41, 5.74) is 2.54. The second kappa shape index (κ2) is 12.8. The summed E-state index contributed by atoms with van der Waals surface area (Å²) in [6.45, 7) is 11.4. The van der Waals surface area contributed by atoms with E-state index in [9.17, 15) is 0 Å². The largest absolute Gasteiger partial charge is 0.259 e. The second-order valence-corrected chi connectivity index (χ2v) is 15.9. The van der Waals surface area contributed by atoms with Gasteiger partial charge in [-0.3, -0.25) is 4.72 Å². The van der Waals surface area contributed by atoms with Crippen LogP contribution >= 0.6 is 23.3 Å². The summed E-state index contributed by atoms with van der Waals surface area (Å²) in [4.78, 5) is 1.37. The van der Waals surface area contributed by atoms with E-state index in [4.69, 9.17) is 0 Å². The van der Waals surface area contributed by atoms with E-state index in [0.717, 1.165) is 36.1 Å². The van der Waals surface area contributed by atoms with Crippen molar-refractivity contribution >= 4 is 23.3 Å². The van der Waals surface area contributed by atoms with Crippen LogP contribution in [-0.4, -0.2) is 6.54 Å². The highest BCUT2D eigenvalue weighted by Crippen LogP contribution is 2.66. The lowest BCUT2D eigenvalue weighted by molar-refractivity contribution is -0.0901. The number of fused-ring (bicyclic) bond motifs is 3. The molecule has 1 aromatic heterocycles. The van der Waals surface area contributed by atoms with Gasteiger partial charge in [-0.1, -0.05) is 83.7 Å². The molecule has 2 aromatic rings. The van der Waals surface area contributed by atoms with Gasteiger partial charge in [-0.15, -0.1) is 11.3 Å². The Hall–Kier alpha value is -0.770. The minimum atomic E-state index is 0.604. The number of hydrogen-bond acceptors (Lipinski definition) is 3. The zero-order valence-corrected chi connectivity index (χ0v) is 26.3. The molecule has 7 atom stereocenters. The van der Waals surface area contributed by atoms with Gasteiger partial charge in [0, 0.05) is 11.4 Å². The van der Waals surface area contributed by atoms with Crippen LogP contribution in [0, 0.1) is 40.4 Å². The van der Waals surface area contributed by atoms with Crippen LogP contribution in [0.5, 0.6) is 0 Å². The molecule has 38 heavy (non-hydrogen) atoms. The topological polar surface area (TPSA) is 12.0 Å². The molecule has 3 heteroatoms. The molecular weight excluding hydrogens is 499 g/mol. The average molecular weight is 552 g/mol. The van der Waals surface area contributed by atoms with Gasteiger partial charge in [0.15, 0.2) is 0 Å². The first-order valence-corrected chi connectivity index (χ1v) is 17.6. The van der Waals surface area contributed by atoms with Gasteiger partial charge in [0.1, 0.15) is 0 Å². The maximum atomic E-state index is 3.70. The number of hydrogen-bond donors (Lipinski definition) is 1. The maximum Gasteiger partial charge on any atom is 0.0757 e. The van der Waals surface area contributed by atoms with E-state index in [2.05, 4.69) is 74.9 Å². The monoisotopic (exact) mass is 551 g/mol. The van der Waals surface area contributed by atoms with Crippen molar-refractivity contribution in [3.05, 3.63) is 42.5 Å². The normalized spacial score (nSPS) is 34.7. The number of nitrogens with one attached hydrogen (secondary N) is 1. The smallest absolute Gasteiger partial charge is 0.0757 e. The van der Waals surface area contributed by atoms with E-state index in [1.54, 1.807) is 6.42 Å². The minimum Gasteiger partial charge on any atom is -0.259 e. The predicted octanol–water partition coefficient (Wildman–Crippen LogP) is 11.3. The van der Waals surface area contributed by atoms with Gasteiger partial charge in [-0.25, -0.2) is 0 Å². The number of benzene rings is 1. The van der Waals surface area contributed by atoms with E-state index in [-0.39, 0.29) is 0 Å². The third-order valence-corrected chi connectivity index (χ3v) is 13.6. The fourth-order valence-corrected chi connectivity index (χ4v) is 11.3. The van der Waals surface area contributed by atoms with E-state index in [1.807, 2.05) is 23.3 Å². The minimum absolute atomic E-state index is 0.604. The molecule has 1 N–H and O–H groups in total. The summed E-state index contributed by atoms with van der Waals surface area (Å²) >= 11 is 3.74. The zero-order chi connectivity index (χ0) is 26.6. The van der Waals surface area contributed by atoms with Crippen molar-refractivity contribution in [3.8, 4) is 10.4 Å². The van der Waals surface area contributed by atoms with Gasteiger partial charge >= 0.3 is 0 Å². The molecule has 0 radical (unpaired) electrons. The van der Waals surface area contributed by atoms with Crippen LogP contribution in [0.15, 0.2) is 46.7 Å². The SMILES string of the molecule is CCCCCC1(C)C[C@@H](CC)CC2C3CCC(CCCNSc4ccc(-c5ccccc5)s4)C3(C)CC[C@@H]21. The molecule has 1 heterocycles. The van der Waals surface area contributed by atoms with Crippen molar-refractivity contribution in [2.75, 3.05) is 6.54 Å². The van der Waals surface area contributed by atoms with Crippen LogP contribution in [0.4, 0.5) is 0 Å². The van der Waals surface area contributed by atoms with Crippen LogP contribution in [0.3, 0.4) is 0 Å². The van der Waals surface area contributed by atoms with Crippen molar-refractivity contribution in [1.82, 2.24) is 4.72 Å². The lowest BCUT2D eigenvalue weighted by Gasteiger charge is -2.58. The summed E-state index contributed by atoms with van der Waals surface area (Å²) < 4.78 is 5.07. The highest BCUT2D eigenvalue weighted by molar-refractivity contribution is 7.99. The highest BCUT2D eigenvalue weighted by Gasteiger charge is 2.58. The molecule has 5 unspecified atom stereocenters. The van der Waals surface area contributed by atoms with Crippen LogP contribution in [-0.2, 0) is 0 Å². The first-order valence-electron chi connectivity index (χ1n) is 16.0. The lowest BCUT2D eigenvalue weighted by atomic mass is 9.47. The number of unbranched alkanes of at least 4 members (excludes halogenated alkanes) is 2. The van der Waals surface area contributed by atoms with E-state index in [0.29, 0.717) is 10.8 Å². The van der Waals surface area contributed by atoms with Crippen molar-refractivity contribution in [1.29, 1.82) is 0 Å². The van der Waals surface area contributed by atoms with Crippen molar-refractivity contribution < 1.29 is 0 Å². The summed E-state index contributed by atoms with van der Waals surface area (Å²) in [5.74, 6) is 4.93. The molecule has 3 fully saturated rings. The van der Waals surface area contributed by atoms with Gasteiger partial charge in [-0.2, -0.15) is 0 Å². The Bertz CT molecular complexity index is 1000. The molecule has 3 aliphatic rings. The number of rotatable bonds is 12. The molecule has 3 saturated carbocycles.